The van der Waals surface area contributed by atoms with Crippen molar-refractivity contribution >= 4 is 23.2 Å². The van der Waals surface area contributed by atoms with E-state index in [4.69, 9.17) is 27.9 Å². The SMILES string of the molecule is Cc1ccc(COc2cnc(Cl)nc2Cl)cc1. The molecule has 0 unspecified atom stereocenters. The van der Waals surface area contributed by atoms with Crippen molar-refractivity contribution in [2.75, 3.05) is 0 Å². The number of rotatable bonds is 3. The maximum absolute atomic E-state index is 5.86. The van der Waals surface area contributed by atoms with Gasteiger partial charge in [0.25, 0.3) is 0 Å². The zero-order valence-corrected chi connectivity index (χ0v) is 10.7. The number of ether oxygens (including phenoxy) is 1. The molecule has 0 radical (unpaired) electrons. The summed E-state index contributed by atoms with van der Waals surface area (Å²) in [6.07, 6.45) is 1.46. The van der Waals surface area contributed by atoms with Crippen LogP contribution in [-0.2, 0) is 6.61 Å². The summed E-state index contributed by atoms with van der Waals surface area (Å²) >= 11 is 11.4. The Kier molecular flexibility index (Phi) is 3.82. The van der Waals surface area contributed by atoms with E-state index in [2.05, 4.69) is 9.97 Å². The summed E-state index contributed by atoms with van der Waals surface area (Å²) in [5.74, 6) is 0.427. The van der Waals surface area contributed by atoms with Gasteiger partial charge in [0.2, 0.25) is 5.28 Å². The van der Waals surface area contributed by atoms with Gasteiger partial charge in [0.05, 0.1) is 6.20 Å². The summed E-state index contributed by atoms with van der Waals surface area (Å²) in [6, 6.07) is 8.05. The van der Waals surface area contributed by atoms with E-state index < -0.39 is 0 Å². The van der Waals surface area contributed by atoms with E-state index in [1.54, 1.807) is 0 Å². The van der Waals surface area contributed by atoms with Crippen LogP contribution < -0.4 is 4.74 Å². The van der Waals surface area contributed by atoms with Crippen LogP contribution in [0.4, 0.5) is 0 Å². The normalized spacial score (nSPS) is 10.3. The van der Waals surface area contributed by atoms with Crippen molar-refractivity contribution in [1.82, 2.24) is 9.97 Å². The van der Waals surface area contributed by atoms with Gasteiger partial charge in [-0.2, -0.15) is 0 Å². The third-order valence-corrected chi connectivity index (χ3v) is 2.65. The standard InChI is InChI=1S/C12H10Cl2N2O/c1-8-2-4-9(5-3-8)7-17-10-6-15-12(14)16-11(10)13/h2-6H,7H2,1H3. The molecular formula is C12H10Cl2N2O. The largest absolute Gasteiger partial charge is 0.484 e. The van der Waals surface area contributed by atoms with Crippen LogP contribution >= 0.6 is 23.2 Å². The number of aromatic nitrogens is 2. The first kappa shape index (κ1) is 12.1. The molecule has 1 heterocycles. The number of benzene rings is 1. The maximum Gasteiger partial charge on any atom is 0.224 e. The van der Waals surface area contributed by atoms with Crippen LogP contribution in [0.15, 0.2) is 30.5 Å². The molecule has 0 aliphatic rings. The fraction of sp³-hybridized carbons (Fsp3) is 0.167. The van der Waals surface area contributed by atoms with Gasteiger partial charge in [0, 0.05) is 0 Å². The molecule has 0 spiro atoms. The number of hydrogen-bond donors (Lipinski definition) is 0. The van der Waals surface area contributed by atoms with E-state index in [0.717, 1.165) is 5.56 Å². The third kappa shape index (κ3) is 3.32. The molecule has 1 aromatic carbocycles. The average molecular weight is 269 g/mol. The van der Waals surface area contributed by atoms with Gasteiger partial charge in [-0.1, -0.05) is 41.4 Å². The first-order chi connectivity index (χ1) is 8.15. The van der Waals surface area contributed by atoms with Gasteiger partial charge < -0.3 is 4.74 Å². The van der Waals surface area contributed by atoms with Crippen LogP contribution in [0.25, 0.3) is 0 Å². The monoisotopic (exact) mass is 268 g/mol. The molecule has 3 nitrogen and oxygen atoms in total. The second-order valence-electron chi connectivity index (χ2n) is 3.57. The Balaban J connectivity index is 2.04. The molecule has 17 heavy (non-hydrogen) atoms. The summed E-state index contributed by atoms with van der Waals surface area (Å²) in [7, 11) is 0. The molecule has 0 atom stereocenters. The molecule has 1 aromatic heterocycles. The lowest BCUT2D eigenvalue weighted by Gasteiger charge is -2.07. The lowest BCUT2D eigenvalue weighted by molar-refractivity contribution is 0.304. The van der Waals surface area contributed by atoms with Gasteiger partial charge in [-0.15, -0.1) is 0 Å². The number of nitrogens with zero attached hydrogens (tertiary/aromatic N) is 2. The highest BCUT2D eigenvalue weighted by molar-refractivity contribution is 6.32. The zero-order chi connectivity index (χ0) is 12.3. The highest BCUT2D eigenvalue weighted by Crippen LogP contribution is 2.22. The maximum atomic E-state index is 5.86. The molecule has 0 saturated carbocycles. The molecule has 0 saturated heterocycles. The van der Waals surface area contributed by atoms with Crippen LogP contribution in [0, 0.1) is 6.92 Å². The third-order valence-electron chi connectivity index (χ3n) is 2.20. The molecule has 5 heteroatoms. The van der Waals surface area contributed by atoms with Gasteiger partial charge in [-0.25, -0.2) is 9.97 Å². The van der Waals surface area contributed by atoms with Crippen molar-refractivity contribution in [2.45, 2.75) is 13.5 Å². The van der Waals surface area contributed by atoms with E-state index >= 15 is 0 Å². The van der Waals surface area contributed by atoms with E-state index in [9.17, 15) is 0 Å². The predicted molar refractivity (Wildman–Crippen MR) is 67.6 cm³/mol. The van der Waals surface area contributed by atoms with E-state index in [0.29, 0.717) is 12.4 Å². The minimum absolute atomic E-state index is 0.109. The van der Waals surface area contributed by atoms with Crippen molar-refractivity contribution in [1.29, 1.82) is 0 Å². The Morgan fingerprint density at radius 3 is 2.53 bits per heavy atom. The molecule has 0 bridgehead atoms. The summed E-state index contributed by atoms with van der Waals surface area (Å²) in [5, 5.41) is 0.329. The highest BCUT2D eigenvalue weighted by atomic mass is 35.5. The molecule has 0 aliphatic carbocycles. The summed E-state index contributed by atoms with van der Waals surface area (Å²) in [5.41, 5.74) is 2.27. The molecule has 2 aromatic rings. The minimum Gasteiger partial charge on any atom is -0.484 e. The topological polar surface area (TPSA) is 35.0 Å². The van der Waals surface area contributed by atoms with Crippen molar-refractivity contribution in [3.05, 3.63) is 52.0 Å². The minimum atomic E-state index is 0.109. The summed E-state index contributed by atoms with van der Waals surface area (Å²) in [4.78, 5) is 7.61. The van der Waals surface area contributed by atoms with E-state index in [-0.39, 0.29) is 10.4 Å². The van der Waals surface area contributed by atoms with Gasteiger partial charge in [0.1, 0.15) is 6.61 Å². The Bertz CT molecular complexity index is 514. The highest BCUT2D eigenvalue weighted by Gasteiger charge is 2.05. The first-order valence-electron chi connectivity index (χ1n) is 5.01. The Morgan fingerprint density at radius 1 is 1.18 bits per heavy atom. The molecule has 0 N–H and O–H groups in total. The number of halogens is 2. The smallest absolute Gasteiger partial charge is 0.224 e. The fourth-order valence-corrected chi connectivity index (χ4v) is 1.63. The van der Waals surface area contributed by atoms with Gasteiger partial charge in [-0.3, -0.25) is 0 Å². The van der Waals surface area contributed by atoms with E-state index in [1.165, 1.54) is 11.8 Å². The lowest BCUT2D eigenvalue weighted by Crippen LogP contribution is -1.97. The summed E-state index contributed by atoms with van der Waals surface area (Å²) in [6.45, 7) is 2.46. The quantitative estimate of drug-likeness (QED) is 0.629. The molecule has 0 aliphatic heterocycles. The number of aryl methyl sites for hydroxylation is 1. The lowest BCUT2D eigenvalue weighted by atomic mass is 10.2. The van der Waals surface area contributed by atoms with Crippen molar-refractivity contribution in [2.24, 2.45) is 0 Å². The Hall–Kier alpha value is -1.32. The van der Waals surface area contributed by atoms with Crippen LogP contribution in [-0.4, -0.2) is 9.97 Å². The van der Waals surface area contributed by atoms with Crippen molar-refractivity contribution in [3.8, 4) is 5.75 Å². The molecule has 88 valence electrons. The van der Waals surface area contributed by atoms with Crippen LogP contribution in [0.3, 0.4) is 0 Å². The number of hydrogen-bond acceptors (Lipinski definition) is 3. The first-order valence-corrected chi connectivity index (χ1v) is 5.77. The molecule has 0 amide bonds. The fourth-order valence-electron chi connectivity index (χ4n) is 1.27. The second kappa shape index (κ2) is 5.34. The second-order valence-corrected chi connectivity index (χ2v) is 4.26. The zero-order valence-electron chi connectivity index (χ0n) is 9.15. The predicted octanol–water partition coefficient (Wildman–Crippen LogP) is 3.67. The van der Waals surface area contributed by atoms with Gasteiger partial charge >= 0.3 is 0 Å². The Morgan fingerprint density at radius 2 is 1.88 bits per heavy atom. The van der Waals surface area contributed by atoms with E-state index in [1.807, 2.05) is 31.2 Å². The van der Waals surface area contributed by atoms with Crippen LogP contribution in [0.1, 0.15) is 11.1 Å². The van der Waals surface area contributed by atoms with Gasteiger partial charge in [-0.05, 0) is 24.1 Å². The van der Waals surface area contributed by atoms with Crippen molar-refractivity contribution < 1.29 is 4.74 Å². The average Bonchev–Trinajstić information content (AvgIpc) is 2.30. The van der Waals surface area contributed by atoms with Crippen LogP contribution in [0.5, 0.6) is 5.75 Å². The molecule has 2 rings (SSSR count). The Labute approximate surface area is 109 Å². The van der Waals surface area contributed by atoms with Gasteiger partial charge in [0.15, 0.2) is 10.9 Å². The van der Waals surface area contributed by atoms with Crippen molar-refractivity contribution in [3.63, 3.8) is 0 Å². The molecular weight excluding hydrogens is 259 g/mol. The molecule has 0 fully saturated rings. The van der Waals surface area contributed by atoms with Crippen LogP contribution in [0.2, 0.25) is 10.4 Å². The summed E-state index contributed by atoms with van der Waals surface area (Å²) < 4.78 is 5.50.